The molecule has 0 N–H and O–H groups in total. The average Bonchev–Trinajstić information content (AvgIpc) is 3.25. The summed E-state index contributed by atoms with van der Waals surface area (Å²) in [6.07, 6.45) is 9.30. The first-order chi connectivity index (χ1) is 11.5. The molecule has 1 aliphatic heterocycles. The molecule has 0 unspecified atom stereocenters. The van der Waals surface area contributed by atoms with Crippen molar-refractivity contribution in [1.82, 2.24) is 19.6 Å². The fourth-order valence-corrected chi connectivity index (χ4v) is 4.31. The summed E-state index contributed by atoms with van der Waals surface area (Å²) in [7, 11) is 6.14. The molecule has 2 fully saturated rings. The Morgan fingerprint density at radius 3 is 2.71 bits per heavy atom. The molecular formula is C19H32N4O. The molecule has 1 aromatic rings. The zero-order chi connectivity index (χ0) is 17.1. The highest BCUT2D eigenvalue weighted by Gasteiger charge is 2.32. The minimum absolute atomic E-state index is 0.184. The number of aryl methyl sites for hydroxylation is 1. The van der Waals surface area contributed by atoms with Crippen LogP contribution in [0.2, 0.25) is 0 Å². The van der Waals surface area contributed by atoms with Gasteiger partial charge in [0.25, 0.3) is 0 Å². The first-order valence-corrected chi connectivity index (χ1v) is 9.51. The number of nitrogens with zero attached hydrogens (tertiary/aromatic N) is 4. The lowest BCUT2D eigenvalue weighted by molar-refractivity contribution is -0.132. The predicted octanol–water partition coefficient (Wildman–Crippen LogP) is 3.12. The number of likely N-dealkylation sites (tertiary alicyclic amines) is 1. The lowest BCUT2D eigenvalue weighted by atomic mass is 10.0. The van der Waals surface area contributed by atoms with Gasteiger partial charge in [0, 0.05) is 26.6 Å². The number of carbonyl (C=O) groups excluding carboxylic acids is 1. The average molecular weight is 332 g/mol. The first kappa shape index (κ1) is 17.5. The molecule has 5 heteroatoms. The summed E-state index contributed by atoms with van der Waals surface area (Å²) in [5.41, 5.74) is 2.28. The van der Waals surface area contributed by atoms with Crippen molar-refractivity contribution in [1.29, 1.82) is 0 Å². The molecule has 2 heterocycles. The Balaban J connectivity index is 1.63. The molecule has 0 spiro atoms. The van der Waals surface area contributed by atoms with E-state index in [0.29, 0.717) is 5.91 Å². The van der Waals surface area contributed by atoms with E-state index in [-0.39, 0.29) is 6.04 Å². The van der Waals surface area contributed by atoms with Crippen molar-refractivity contribution in [2.45, 2.75) is 64.0 Å². The molecule has 1 aromatic heterocycles. The Morgan fingerprint density at radius 1 is 1.25 bits per heavy atom. The molecule has 1 atom stereocenters. The van der Waals surface area contributed by atoms with Crippen molar-refractivity contribution in [3.05, 3.63) is 17.5 Å². The summed E-state index contributed by atoms with van der Waals surface area (Å²) < 4.78 is 1.97. The highest BCUT2D eigenvalue weighted by molar-refractivity contribution is 5.77. The zero-order valence-corrected chi connectivity index (χ0v) is 15.5. The van der Waals surface area contributed by atoms with Gasteiger partial charge in [-0.2, -0.15) is 5.10 Å². The van der Waals surface area contributed by atoms with E-state index < -0.39 is 0 Å². The van der Waals surface area contributed by atoms with Gasteiger partial charge in [0.1, 0.15) is 0 Å². The van der Waals surface area contributed by atoms with Crippen LogP contribution in [0.25, 0.3) is 0 Å². The van der Waals surface area contributed by atoms with Crippen molar-refractivity contribution < 1.29 is 4.79 Å². The van der Waals surface area contributed by atoms with E-state index in [4.69, 9.17) is 5.10 Å². The predicted molar refractivity (Wildman–Crippen MR) is 95.5 cm³/mol. The summed E-state index contributed by atoms with van der Waals surface area (Å²) in [6.45, 7) is 1.78. The van der Waals surface area contributed by atoms with Crippen molar-refractivity contribution in [2.24, 2.45) is 13.0 Å². The van der Waals surface area contributed by atoms with Gasteiger partial charge < -0.3 is 9.80 Å². The van der Waals surface area contributed by atoms with Crippen LogP contribution in [0.5, 0.6) is 0 Å². The largest absolute Gasteiger partial charge is 0.334 e. The van der Waals surface area contributed by atoms with Crippen LogP contribution in [0.15, 0.2) is 6.07 Å². The number of carbonyl (C=O) groups is 1. The van der Waals surface area contributed by atoms with Gasteiger partial charge in [-0.1, -0.05) is 25.7 Å². The van der Waals surface area contributed by atoms with Crippen LogP contribution in [0, 0.1) is 5.92 Å². The van der Waals surface area contributed by atoms with Crippen LogP contribution in [-0.2, 0) is 18.4 Å². The second-order valence-electron chi connectivity index (χ2n) is 7.86. The van der Waals surface area contributed by atoms with Crippen LogP contribution in [0.3, 0.4) is 0 Å². The minimum Gasteiger partial charge on any atom is -0.334 e. The maximum Gasteiger partial charge on any atom is 0.223 e. The third kappa shape index (κ3) is 4.00. The lowest BCUT2D eigenvalue weighted by Gasteiger charge is -2.24. The topological polar surface area (TPSA) is 41.4 Å². The van der Waals surface area contributed by atoms with Crippen LogP contribution < -0.4 is 0 Å². The minimum atomic E-state index is 0.184. The standard InChI is InChI=1S/C19H32N4O/c1-21(2)14-16-13-17(20-22(16)3)18-9-6-12-23(18)19(24)11-10-15-7-4-5-8-15/h13,15,18H,4-12,14H2,1-3H3/t18-/m1/s1. The molecule has 1 saturated heterocycles. The summed E-state index contributed by atoms with van der Waals surface area (Å²) in [5, 5.41) is 4.71. The summed E-state index contributed by atoms with van der Waals surface area (Å²) in [5.74, 6) is 1.13. The van der Waals surface area contributed by atoms with Crippen LogP contribution in [0.4, 0.5) is 0 Å². The maximum atomic E-state index is 12.7. The molecule has 3 rings (SSSR count). The Bertz CT molecular complexity index is 560. The van der Waals surface area contributed by atoms with Crippen LogP contribution in [-0.4, -0.2) is 46.1 Å². The molecule has 5 nitrogen and oxygen atoms in total. The molecule has 1 aliphatic carbocycles. The quantitative estimate of drug-likeness (QED) is 0.804. The summed E-state index contributed by atoms with van der Waals surface area (Å²) in [4.78, 5) is 17.0. The number of rotatable bonds is 6. The van der Waals surface area contributed by atoms with E-state index in [0.717, 1.165) is 50.4 Å². The zero-order valence-electron chi connectivity index (χ0n) is 15.5. The fraction of sp³-hybridized carbons (Fsp3) is 0.789. The van der Waals surface area contributed by atoms with E-state index in [1.54, 1.807) is 0 Å². The second kappa shape index (κ2) is 7.68. The van der Waals surface area contributed by atoms with Gasteiger partial charge in [-0.05, 0) is 45.3 Å². The first-order valence-electron chi connectivity index (χ1n) is 9.51. The smallest absolute Gasteiger partial charge is 0.223 e. The van der Waals surface area contributed by atoms with Crippen molar-refractivity contribution >= 4 is 5.91 Å². The molecule has 0 bridgehead atoms. The van der Waals surface area contributed by atoms with Crippen molar-refractivity contribution in [3.8, 4) is 0 Å². The van der Waals surface area contributed by atoms with Crippen molar-refractivity contribution in [2.75, 3.05) is 20.6 Å². The third-order valence-corrected chi connectivity index (χ3v) is 5.63. The van der Waals surface area contributed by atoms with Gasteiger partial charge in [0.15, 0.2) is 0 Å². The Kier molecular flexibility index (Phi) is 5.59. The van der Waals surface area contributed by atoms with E-state index in [9.17, 15) is 4.79 Å². The lowest BCUT2D eigenvalue weighted by Crippen LogP contribution is -2.30. The van der Waals surface area contributed by atoms with Gasteiger partial charge >= 0.3 is 0 Å². The molecule has 134 valence electrons. The monoisotopic (exact) mass is 332 g/mol. The van der Waals surface area contributed by atoms with Gasteiger partial charge in [-0.15, -0.1) is 0 Å². The molecule has 1 amide bonds. The highest BCUT2D eigenvalue weighted by Crippen LogP contribution is 2.34. The highest BCUT2D eigenvalue weighted by atomic mass is 16.2. The summed E-state index contributed by atoms with van der Waals surface area (Å²) >= 11 is 0. The van der Waals surface area contributed by atoms with Gasteiger partial charge in [0.2, 0.25) is 5.91 Å². The van der Waals surface area contributed by atoms with E-state index in [2.05, 4.69) is 30.0 Å². The SMILES string of the molecule is CN(C)Cc1cc([C@H]2CCCN2C(=O)CCC2CCCC2)nn1C. The molecule has 1 saturated carbocycles. The fourth-order valence-electron chi connectivity index (χ4n) is 4.31. The second-order valence-corrected chi connectivity index (χ2v) is 7.86. The van der Waals surface area contributed by atoms with E-state index >= 15 is 0 Å². The van der Waals surface area contributed by atoms with E-state index in [1.807, 2.05) is 11.7 Å². The normalized spacial score (nSPS) is 22.0. The van der Waals surface area contributed by atoms with Crippen LogP contribution in [0.1, 0.15) is 68.8 Å². The Hall–Kier alpha value is -1.36. The molecular weight excluding hydrogens is 300 g/mol. The Morgan fingerprint density at radius 2 is 2.00 bits per heavy atom. The summed E-state index contributed by atoms with van der Waals surface area (Å²) in [6, 6.07) is 2.37. The van der Waals surface area contributed by atoms with E-state index in [1.165, 1.54) is 31.4 Å². The van der Waals surface area contributed by atoms with Crippen LogP contribution >= 0.6 is 0 Å². The van der Waals surface area contributed by atoms with Crippen molar-refractivity contribution in [3.63, 3.8) is 0 Å². The number of aromatic nitrogens is 2. The third-order valence-electron chi connectivity index (χ3n) is 5.63. The molecule has 0 radical (unpaired) electrons. The van der Waals surface area contributed by atoms with Gasteiger partial charge in [-0.3, -0.25) is 9.48 Å². The van der Waals surface area contributed by atoms with Gasteiger partial charge in [-0.25, -0.2) is 0 Å². The molecule has 0 aromatic carbocycles. The number of amides is 1. The molecule has 24 heavy (non-hydrogen) atoms. The number of hydrogen-bond acceptors (Lipinski definition) is 3. The maximum absolute atomic E-state index is 12.7. The van der Waals surface area contributed by atoms with Gasteiger partial charge in [0.05, 0.1) is 17.4 Å². The Labute approximate surface area is 146 Å². The molecule has 2 aliphatic rings. The number of hydrogen-bond donors (Lipinski definition) is 0.